The third-order valence-corrected chi connectivity index (χ3v) is 2.77. The van der Waals surface area contributed by atoms with Gasteiger partial charge in [0.15, 0.2) is 6.17 Å². The second-order valence-corrected chi connectivity index (χ2v) is 3.88. The van der Waals surface area contributed by atoms with Gasteiger partial charge in [-0.25, -0.2) is 4.39 Å². The van der Waals surface area contributed by atoms with Crippen LogP contribution in [0.3, 0.4) is 0 Å². The van der Waals surface area contributed by atoms with Crippen LogP contribution >= 0.6 is 0 Å². The van der Waals surface area contributed by atoms with Gasteiger partial charge < -0.3 is 4.74 Å². The highest BCUT2D eigenvalue weighted by molar-refractivity contribution is 5.25. The second kappa shape index (κ2) is 5.60. The molecular formula is C15H15FO. The van der Waals surface area contributed by atoms with E-state index in [0.717, 1.165) is 5.56 Å². The normalized spacial score (nSPS) is 14.2. The molecule has 0 N–H and O–H groups in total. The highest BCUT2D eigenvalue weighted by Crippen LogP contribution is 2.34. The Labute approximate surface area is 101 Å². The smallest absolute Gasteiger partial charge is 0.155 e. The summed E-state index contributed by atoms with van der Waals surface area (Å²) in [6.45, 7) is 0. The number of ether oxygens (including phenoxy) is 1. The van der Waals surface area contributed by atoms with Crippen LogP contribution in [0.5, 0.6) is 0 Å². The predicted octanol–water partition coefficient (Wildman–Crippen LogP) is 4.08. The molecule has 2 heteroatoms. The van der Waals surface area contributed by atoms with E-state index in [-0.39, 0.29) is 0 Å². The minimum Gasteiger partial charge on any atom is -0.373 e. The summed E-state index contributed by atoms with van der Waals surface area (Å²) in [5.41, 5.74) is 1.49. The first-order chi connectivity index (χ1) is 8.33. The van der Waals surface area contributed by atoms with Crippen LogP contribution in [-0.2, 0) is 4.74 Å². The molecule has 0 saturated carbocycles. The first kappa shape index (κ1) is 11.8. The maximum Gasteiger partial charge on any atom is 0.155 e. The molecule has 0 fully saturated rings. The first-order valence-electron chi connectivity index (χ1n) is 5.59. The molecule has 1 nitrogen and oxygen atoms in total. The van der Waals surface area contributed by atoms with Crippen LogP contribution in [0, 0.1) is 0 Å². The molecule has 0 aliphatic heterocycles. The molecule has 0 bridgehead atoms. The Balaban J connectivity index is 2.25. The zero-order valence-corrected chi connectivity index (χ0v) is 9.71. The van der Waals surface area contributed by atoms with Crippen LogP contribution in [0.15, 0.2) is 60.7 Å². The zero-order valence-electron chi connectivity index (χ0n) is 9.71. The lowest BCUT2D eigenvalue weighted by Crippen LogP contribution is -2.09. The molecule has 0 saturated heterocycles. The molecule has 0 heterocycles. The van der Waals surface area contributed by atoms with Gasteiger partial charge in [-0.15, -0.1) is 0 Å². The average Bonchev–Trinajstić information content (AvgIpc) is 2.42. The molecule has 0 aromatic heterocycles. The minimum absolute atomic E-state index is 0.557. The van der Waals surface area contributed by atoms with Gasteiger partial charge in [0.05, 0.1) is 0 Å². The monoisotopic (exact) mass is 230 g/mol. The van der Waals surface area contributed by atoms with Crippen molar-refractivity contribution >= 4 is 0 Å². The maximum absolute atomic E-state index is 14.4. The lowest BCUT2D eigenvalue weighted by Gasteiger charge is -2.20. The van der Waals surface area contributed by atoms with Gasteiger partial charge in [-0.1, -0.05) is 60.7 Å². The van der Waals surface area contributed by atoms with E-state index >= 15 is 0 Å². The third-order valence-electron chi connectivity index (χ3n) is 2.77. The SMILES string of the molecule is CO[C@H](c1ccccc1)[C@H](F)c1ccccc1. The van der Waals surface area contributed by atoms with Gasteiger partial charge in [0.25, 0.3) is 0 Å². The van der Waals surface area contributed by atoms with E-state index in [1.54, 1.807) is 12.1 Å². The molecular weight excluding hydrogens is 215 g/mol. The van der Waals surface area contributed by atoms with Gasteiger partial charge in [-0.05, 0) is 11.1 Å². The predicted molar refractivity (Wildman–Crippen MR) is 66.5 cm³/mol. The van der Waals surface area contributed by atoms with E-state index in [9.17, 15) is 4.39 Å². The average molecular weight is 230 g/mol. The summed E-state index contributed by atoms with van der Waals surface area (Å²) >= 11 is 0. The Morgan fingerprint density at radius 3 is 1.76 bits per heavy atom. The van der Waals surface area contributed by atoms with Crippen molar-refractivity contribution in [3.05, 3.63) is 71.8 Å². The highest BCUT2D eigenvalue weighted by Gasteiger charge is 2.23. The van der Waals surface area contributed by atoms with Crippen molar-refractivity contribution in [2.24, 2.45) is 0 Å². The van der Waals surface area contributed by atoms with Crippen LogP contribution in [0.4, 0.5) is 4.39 Å². The summed E-state index contributed by atoms with van der Waals surface area (Å²) < 4.78 is 19.6. The number of hydrogen-bond acceptors (Lipinski definition) is 1. The zero-order chi connectivity index (χ0) is 12.1. The summed E-state index contributed by atoms with van der Waals surface area (Å²) in [6.07, 6.45) is -1.71. The van der Waals surface area contributed by atoms with Gasteiger partial charge in [-0.3, -0.25) is 0 Å². The van der Waals surface area contributed by atoms with E-state index in [4.69, 9.17) is 4.74 Å². The van der Waals surface area contributed by atoms with Crippen LogP contribution < -0.4 is 0 Å². The number of alkyl halides is 1. The Bertz CT molecular complexity index is 441. The van der Waals surface area contributed by atoms with Crippen LogP contribution in [0.2, 0.25) is 0 Å². The van der Waals surface area contributed by atoms with Crippen molar-refractivity contribution in [1.29, 1.82) is 0 Å². The summed E-state index contributed by atoms with van der Waals surface area (Å²) in [5.74, 6) is 0. The van der Waals surface area contributed by atoms with Gasteiger partial charge in [0.1, 0.15) is 6.10 Å². The molecule has 17 heavy (non-hydrogen) atoms. The Morgan fingerprint density at radius 1 is 0.824 bits per heavy atom. The van der Waals surface area contributed by atoms with Crippen LogP contribution in [0.25, 0.3) is 0 Å². The summed E-state index contributed by atoms with van der Waals surface area (Å²) in [7, 11) is 1.53. The molecule has 2 aromatic rings. The van der Waals surface area contributed by atoms with Crippen LogP contribution in [-0.4, -0.2) is 7.11 Å². The summed E-state index contributed by atoms with van der Waals surface area (Å²) in [4.78, 5) is 0. The first-order valence-corrected chi connectivity index (χ1v) is 5.59. The molecule has 0 aliphatic rings. The van der Waals surface area contributed by atoms with Gasteiger partial charge in [0, 0.05) is 7.11 Å². The Kier molecular flexibility index (Phi) is 3.89. The standard InChI is InChI=1S/C15H15FO/c1-17-15(13-10-6-3-7-11-13)14(16)12-8-4-2-5-9-12/h2-11,14-15H,1H3/t14-,15-/m1/s1. The molecule has 0 radical (unpaired) electrons. The van der Waals surface area contributed by atoms with Crippen molar-refractivity contribution < 1.29 is 9.13 Å². The molecule has 0 spiro atoms. The molecule has 2 aromatic carbocycles. The van der Waals surface area contributed by atoms with Crippen molar-refractivity contribution in [1.82, 2.24) is 0 Å². The van der Waals surface area contributed by atoms with Gasteiger partial charge in [-0.2, -0.15) is 0 Å². The van der Waals surface area contributed by atoms with Gasteiger partial charge in [0.2, 0.25) is 0 Å². The number of benzene rings is 2. The minimum atomic E-state index is -1.15. The topological polar surface area (TPSA) is 9.23 Å². The van der Waals surface area contributed by atoms with Crippen molar-refractivity contribution in [3.8, 4) is 0 Å². The molecule has 88 valence electrons. The third kappa shape index (κ3) is 2.71. The molecule has 0 unspecified atom stereocenters. The lowest BCUT2D eigenvalue weighted by atomic mass is 9.99. The number of hydrogen-bond donors (Lipinski definition) is 0. The second-order valence-electron chi connectivity index (χ2n) is 3.88. The fourth-order valence-corrected chi connectivity index (χ4v) is 1.88. The van der Waals surface area contributed by atoms with Crippen molar-refractivity contribution in [2.75, 3.05) is 7.11 Å². The quantitative estimate of drug-likeness (QED) is 0.768. The van der Waals surface area contributed by atoms with E-state index in [1.807, 2.05) is 48.5 Å². The van der Waals surface area contributed by atoms with E-state index < -0.39 is 12.3 Å². The van der Waals surface area contributed by atoms with E-state index in [1.165, 1.54) is 7.11 Å². The fourth-order valence-electron chi connectivity index (χ4n) is 1.88. The maximum atomic E-state index is 14.4. The summed E-state index contributed by atoms with van der Waals surface area (Å²) in [5, 5.41) is 0. The lowest BCUT2D eigenvalue weighted by molar-refractivity contribution is 0.0304. The Morgan fingerprint density at radius 2 is 1.29 bits per heavy atom. The highest BCUT2D eigenvalue weighted by atomic mass is 19.1. The Hall–Kier alpha value is -1.67. The number of methoxy groups -OCH3 is 1. The van der Waals surface area contributed by atoms with Crippen molar-refractivity contribution in [3.63, 3.8) is 0 Å². The molecule has 0 amide bonds. The largest absolute Gasteiger partial charge is 0.373 e. The number of rotatable bonds is 4. The summed E-state index contributed by atoms with van der Waals surface area (Å²) in [6, 6.07) is 18.5. The van der Waals surface area contributed by atoms with E-state index in [0.29, 0.717) is 5.56 Å². The molecule has 2 rings (SSSR count). The fraction of sp³-hybridized carbons (Fsp3) is 0.200. The number of halogens is 1. The van der Waals surface area contributed by atoms with Gasteiger partial charge >= 0.3 is 0 Å². The van der Waals surface area contributed by atoms with Crippen molar-refractivity contribution in [2.45, 2.75) is 12.3 Å². The molecule has 2 atom stereocenters. The molecule has 0 aliphatic carbocycles. The van der Waals surface area contributed by atoms with Crippen LogP contribution in [0.1, 0.15) is 23.4 Å². The van der Waals surface area contributed by atoms with E-state index in [2.05, 4.69) is 0 Å².